The van der Waals surface area contributed by atoms with Gasteiger partial charge < -0.3 is 4.74 Å². The molecule has 0 radical (unpaired) electrons. The Hall–Kier alpha value is -1.06. The lowest BCUT2D eigenvalue weighted by molar-refractivity contribution is 0.0322. The van der Waals surface area contributed by atoms with Crippen LogP contribution >= 0.6 is 0 Å². The fraction of sp³-hybridized carbons (Fsp3) is 0.833. The minimum Gasteiger partial charge on any atom is -0.443 e. The van der Waals surface area contributed by atoms with E-state index in [2.05, 4.69) is 0 Å². The molecule has 2 rings (SSSR count). The maximum Gasteiger partial charge on any atom is 0.416 e. The zero-order chi connectivity index (χ0) is 11.9. The second kappa shape index (κ2) is 3.75. The summed E-state index contributed by atoms with van der Waals surface area (Å²) in [7, 11) is 0. The Morgan fingerprint density at radius 3 is 2.69 bits per heavy atom. The number of hydrogen-bond donors (Lipinski definition) is 1. The van der Waals surface area contributed by atoms with Gasteiger partial charge in [0.1, 0.15) is 11.4 Å². The van der Waals surface area contributed by atoms with Gasteiger partial charge in [0.15, 0.2) is 0 Å². The number of likely N-dealkylation sites (tertiary alicyclic amines) is 1. The fourth-order valence-electron chi connectivity index (χ4n) is 2.60. The highest BCUT2D eigenvalue weighted by Crippen LogP contribution is 2.37. The van der Waals surface area contributed by atoms with Crippen molar-refractivity contribution in [3.8, 4) is 0 Å². The van der Waals surface area contributed by atoms with Crippen LogP contribution in [0.2, 0.25) is 0 Å². The molecule has 2 fully saturated rings. The molecular formula is C12H20N2O2. The predicted octanol–water partition coefficient (Wildman–Crippen LogP) is 2.77. The Morgan fingerprint density at radius 1 is 1.44 bits per heavy atom. The molecule has 90 valence electrons. The average Bonchev–Trinajstić information content (AvgIpc) is 2.35. The molecule has 2 atom stereocenters. The van der Waals surface area contributed by atoms with E-state index in [-0.39, 0.29) is 18.1 Å². The predicted molar refractivity (Wildman–Crippen MR) is 61.5 cm³/mol. The lowest BCUT2D eigenvalue weighted by Gasteiger charge is -2.27. The lowest BCUT2D eigenvalue weighted by atomic mass is 9.90. The molecule has 1 saturated heterocycles. The highest BCUT2D eigenvalue weighted by atomic mass is 16.6. The van der Waals surface area contributed by atoms with Crippen LogP contribution in [0.5, 0.6) is 0 Å². The van der Waals surface area contributed by atoms with Crippen LogP contribution in [0.1, 0.15) is 46.5 Å². The third kappa shape index (κ3) is 2.06. The Labute approximate surface area is 96.5 Å². The smallest absolute Gasteiger partial charge is 0.416 e. The van der Waals surface area contributed by atoms with Crippen molar-refractivity contribution >= 4 is 11.9 Å². The molecule has 1 N–H and O–H groups in total. The van der Waals surface area contributed by atoms with E-state index >= 15 is 0 Å². The first kappa shape index (κ1) is 11.4. The average molecular weight is 224 g/mol. The van der Waals surface area contributed by atoms with Crippen molar-refractivity contribution in [2.24, 2.45) is 5.92 Å². The molecule has 2 aliphatic rings. The molecule has 2 bridgehead atoms. The van der Waals surface area contributed by atoms with Crippen LogP contribution in [0.25, 0.3) is 0 Å². The molecule has 1 saturated carbocycles. The molecule has 0 spiro atoms. The van der Waals surface area contributed by atoms with Crippen molar-refractivity contribution in [3.05, 3.63) is 0 Å². The van der Waals surface area contributed by atoms with Crippen molar-refractivity contribution in [3.63, 3.8) is 0 Å². The van der Waals surface area contributed by atoms with Crippen molar-refractivity contribution in [1.82, 2.24) is 4.90 Å². The van der Waals surface area contributed by atoms with Gasteiger partial charge in [-0.15, -0.1) is 0 Å². The summed E-state index contributed by atoms with van der Waals surface area (Å²) in [5, 5.41) is 8.00. The van der Waals surface area contributed by atoms with E-state index in [1.807, 2.05) is 20.8 Å². The standard InChI is InChI=1S/C12H20N2O2/c1-12(2,3)16-11(15)14-9-6-4-5-8(7-9)10(14)13/h8-9,13H,4-7H2,1-3H3. The van der Waals surface area contributed by atoms with Gasteiger partial charge in [0.2, 0.25) is 0 Å². The lowest BCUT2D eigenvalue weighted by Crippen LogP contribution is -2.41. The number of amidine groups is 1. The zero-order valence-corrected chi connectivity index (χ0v) is 10.2. The number of fused-ring (bicyclic) bond motifs is 2. The van der Waals surface area contributed by atoms with E-state index < -0.39 is 5.60 Å². The normalized spacial score (nSPS) is 29.4. The summed E-state index contributed by atoms with van der Waals surface area (Å²) in [6.07, 6.45) is 3.80. The number of rotatable bonds is 0. The Morgan fingerprint density at radius 2 is 2.12 bits per heavy atom. The fourth-order valence-corrected chi connectivity index (χ4v) is 2.60. The third-order valence-electron chi connectivity index (χ3n) is 3.25. The first-order chi connectivity index (χ1) is 7.38. The van der Waals surface area contributed by atoms with Crippen LogP contribution in [0.15, 0.2) is 0 Å². The molecule has 1 aliphatic carbocycles. The summed E-state index contributed by atoms with van der Waals surface area (Å²) < 4.78 is 5.35. The van der Waals surface area contributed by atoms with E-state index in [9.17, 15) is 4.79 Å². The molecule has 0 aromatic heterocycles. The van der Waals surface area contributed by atoms with Crippen LogP contribution in [-0.2, 0) is 4.74 Å². The van der Waals surface area contributed by atoms with Gasteiger partial charge in [0.25, 0.3) is 0 Å². The minimum atomic E-state index is -0.478. The zero-order valence-electron chi connectivity index (χ0n) is 10.2. The van der Waals surface area contributed by atoms with Crippen molar-refractivity contribution in [1.29, 1.82) is 5.41 Å². The SMILES string of the molecule is CC(C)(C)OC(=O)N1C(=N)C2CCCC1C2. The van der Waals surface area contributed by atoms with E-state index in [0.29, 0.717) is 5.84 Å². The van der Waals surface area contributed by atoms with Crippen LogP contribution in [0, 0.1) is 11.3 Å². The van der Waals surface area contributed by atoms with Gasteiger partial charge in [-0.1, -0.05) is 6.42 Å². The van der Waals surface area contributed by atoms with Crippen molar-refractivity contribution in [2.75, 3.05) is 0 Å². The molecule has 4 heteroatoms. The summed E-state index contributed by atoms with van der Waals surface area (Å²) in [5.41, 5.74) is -0.478. The van der Waals surface area contributed by atoms with Crippen molar-refractivity contribution < 1.29 is 9.53 Å². The first-order valence-electron chi connectivity index (χ1n) is 5.99. The molecule has 0 aromatic carbocycles. The topological polar surface area (TPSA) is 53.4 Å². The van der Waals surface area contributed by atoms with Crippen LogP contribution in [0.4, 0.5) is 4.79 Å². The number of carbonyl (C=O) groups is 1. The minimum absolute atomic E-state index is 0.209. The summed E-state index contributed by atoms with van der Waals surface area (Å²) in [4.78, 5) is 13.5. The molecule has 16 heavy (non-hydrogen) atoms. The van der Waals surface area contributed by atoms with E-state index in [1.54, 1.807) is 4.90 Å². The second-order valence-electron chi connectivity index (χ2n) is 5.75. The Bertz CT molecular complexity index is 319. The van der Waals surface area contributed by atoms with Gasteiger partial charge in [0, 0.05) is 12.0 Å². The quantitative estimate of drug-likeness (QED) is 0.687. The molecule has 1 heterocycles. The summed E-state index contributed by atoms with van der Waals surface area (Å²) in [6.45, 7) is 5.57. The van der Waals surface area contributed by atoms with Crippen molar-refractivity contribution in [2.45, 2.75) is 58.1 Å². The molecule has 2 unspecified atom stereocenters. The molecular weight excluding hydrogens is 204 g/mol. The maximum atomic E-state index is 12.0. The number of amides is 1. The van der Waals surface area contributed by atoms with Gasteiger partial charge >= 0.3 is 6.09 Å². The second-order valence-corrected chi connectivity index (χ2v) is 5.75. The Kier molecular flexibility index (Phi) is 2.68. The number of hydrogen-bond acceptors (Lipinski definition) is 3. The van der Waals surface area contributed by atoms with E-state index in [1.165, 1.54) is 0 Å². The van der Waals surface area contributed by atoms with Crippen LogP contribution < -0.4 is 0 Å². The molecule has 4 nitrogen and oxygen atoms in total. The summed E-state index contributed by atoms with van der Waals surface area (Å²) in [5.74, 6) is 0.753. The van der Waals surface area contributed by atoms with E-state index in [4.69, 9.17) is 10.1 Å². The molecule has 1 amide bonds. The third-order valence-corrected chi connectivity index (χ3v) is 3.25. The maximum absolute atomic E-state index is 12.0. The van der Waals surface area contributed by atoms with Crippen LogP contribution in [0.3, 0.4) is 0 Å². The van der Waals surface area contributed by atoms with Crippen LogP contribution in [-0.4, -0.2) is 28.5 Å². The first-order valence-corrected chi connectivity index (χ1v) is 5.99. The molecule has 0 aromatic rings. The highest BCUT2D eigenvalue weighted by Gasteiger charge is 2.44. The summed E-state index contributed by atoms with van der Waals surface area (Å²) >= 11 is 0. The number of carbonyl (C=O) groups excluding carboxylic acids is 1. The number of nitrogens with zero attached hydrogens (tertiary/aromatic N) is 1. The Balaban J connectivity index is 2.09. The number of ether oxygens (including phenoxy) is 1. The molecule has 1 aliphatic heterocycles. The van der Waals surface area contributed by atoms with Gasteiger partial charge in [-0.05, 0) is 40.0 Å². The van der Waals surface area contributed by atoms with Gasteiger partial charge in [-0.25, -0.2) is 4.79 Å². The van der Waals surface area contributed by atoms with E-state index in [0.717, 1.165) is 25.7 Å². The van der Waals surface area contributed by atoms with Gasteiger partial charge in [0.05, 0.1) is 0 Å². The summed E-state index contributed by atoms with van der Waals surface area (Å²) in [6, 6.07) is 0.209. The van der Waals surface area contributed by atoms with Gasteiger partial charge in [-0.3, -0.25) is 10.3 Å². The highest BCUT2D eigenvalue weighted by molar-refractivity contribution is 5.97. The monoisotopic (exact) mass is 224 g/mol. The largest absolute Gasteiger partial charge is 0.443 e. The number of nitrogens with one attached hydrogen (secondary N) is 1. The van der Waals surface area contributed by atoms with Gasteiger partial charge in [-0.2, -0.15) is 0 Å².